The molecule has 1 saturated carbocycles. The molecule has 1 amide bonds. The Morgan fingerprint density at radius 3 is 2.56 bits per heavy atom. The lowest BCUT2D eigenvalue weighted by molar-refractivity contribution is -0.137. The maximum Gasteiger partial charge on any atom is 0.416 e. The zero-order valence-electron chi connectivity index (χ0n) is 17.3. The SMILES string of the molecule is CN/C=C(\N)C(=O)Nc1c[nH]c2ccc(O[C@H]3C[C@@H](c4ccc(C(F)(F)F)cc4)C3)cc12. The monoisotopic (exact) mass is 444 g/mol. The number of anilines is 1. The summed E-state index contributed by atoms with van der Waals surface area (Å²) in [5.74, 6) is 0.405. The molecular formula is C23H23F3N4O2. The number of carbonyl (C=O) groups excluding carboxylic acids is 1. The Hall–Kier alpha value is -3.62. The number of aromatic amines is 1. The van der Waals surface area contributed by atoms with E-state index in [4.69, 9.17) is 10.5 Å². The second kappa shape index (κ2) is 8.49. The summed E-state index contributed by atoms with van der Waals surface area (Å²) in [4.78, 5) is 15.2. The van der Waals surface area contributed by atoms with Gasteiger partial charge >= 0.3 is 6.18 Å². The first kappa shape index (κ1) is 21.6. The first-order valence-corrected chi connectivity index (χ1v) is 10.1. The Morgan fingerprint density at radius 2 is 1.91 bits per heavy atom. The van der Waals surface area contributed by atoms with Gasteiger partial charge in [-0.05, 0) is 54.7 Å². The number of alkyl halides is 3. The number of halogens is 3. The molecule has 168 valence electrons. The molecule has 1 aromatic heterocycles. The van der Waals surface area contributed by atoms with Gasteiger partial charge < -0.3 is 26.1 Å². The lowest BCUT2D eigenvalue weighted by Crippen LogP contribution is -2.32. The molecule has 5 N–H and O–H groups in total. The van der Waals surface area contributed by atoms with E-state index in [1.807, 2.05) is 18.2 Å². The lowest BCUT2D eigenvalue weighted by atomic mass is 9.77. The number of H-pyrrole nitrogens is 1. The molecule has 4 rings (SSSR count). The Bertz CT molecular complexity index is 1150. The van der Waals surface area contributed by atoms with Crippen molar-refractivity contribution in [1.82, 2.24) is 10.3 Å². The number of rotatable bonds is 6. The maximum absolute atomic E-state index is 12.7. The van der Waals surface area contributed by atoms with Gasteiger partial charge in [0.05, 0.1) is 17.4 Å². The minimum Gasteiger partial charge on any atom is -0.490 e. The molecule has 0 radical (unpaired) electrons. The van der Waals surface area contributed by atoms with Gasteiger partial charge in [0.15, 0.2) is 0 Å². The number of carbonyl (C=O) groups is 1. The molecule has 2 aromatic carbocycles. The largest absolute Gasteiger partial charge is 0.490 e. The van der Waals surface area contributed by atoms with Gasteiger partial charge in [0, 0.05) is 30.3 Å². The normalized spacial score (nSPS) is 18.8. The van der Waals surface area contributed by atoms with Crippen molar-refractivity contribution >= 4 is 22.5 Å². The van der Waals surface area contributed by atoms with Crippen LogP contribution in [-0.2, 0) is 11.0 Å². The zero-order valence-corrected chi connectivity index (χ0v) is 17.3. The molecule has 0 unspecified atom stereocenters. The van der Waals surface area contributed by atoms with Gasteiger partial charge in [0.2, 0.25) is 0 Å². The molecule has 1 heterocycles. The highest BCUT2D eigenvalue weighted by atomic mass is 19.4. The molecule has 1 aliphatic carbocycles. The number of aromatic nitrogens is 1. The third kappa shape index (κ3) is 4.51. The molecule has 0 bridgehead atoms. The fraction of sp³-hybridized carbons (Fsp3) is 0.261. The fourth-order valence-electron chi connectivity index (χ4n) is 3.76. The molecule has 0 aliphatic heterocycles. The van der Waals surface area contributed by atoms with Crippen LogP contribution in [0.15, 0.2) is 60.6 Å². The van der Waals surface area contributed by atoms with Crippen molar-refractivity contribution in [2.45, 2.75) is 31.0 Å². The van der Waals surface area contributed by atoms with Crippen molar-refractivity contribution in [1.29, 1.82) is 0 Å². The first-order valence-electron chi connectivity index (χ1n) is 10.1. The quantitative estimate of drug-likeness (QED) is 0.422. The smallest absolute Gasteiger partial charge is 0.416 e. The number of nitrogens with one attached hydrogen (secondary N) is 3. The highest BCUT2D eigenvalue weighted by molar-refractivity contribution is 6.08. The summed E-state index contributed by atoms with van der Waals surface area (Å²) in [5.41, 5.74) is 7.41. The van der Waals surface area contributed by atoms with E-state index >= 15 is 0 Å². The fourth-order valence-corrected chi connectivity index (χ4v) is 3.76. The van der Waals surface area contributed by atoms with Gasteiger partial charge in [-0.15, -0.1) is 0 Å². The number of nitrogens with two attached hydrogens (primary N) is 1. The van der Waals surface area contributed by atoms with Crippen LogP contribution in [0.5, 0.6) is 5.75 Å². The first-order chi connectivity index (χ1) is 15.2. The number of hydrogen-bond donors (Lipinski definition) is 4. The highest BCUT2D eigenvalue weighted by Crippen LogP contribution is 2.40. The van der Waals surface area contributed by atoms with Crippen LogP contribution >= 0.6 is 0 Å². The molecule has 3 aromatic rings. The molecular weight excluding hydrogens is 421 g/mol. The summed E-state index contributed by atoms with van der Waals surface area (Å²) >= 11 is 0. The van der Waals surface area contributed by atoms with Crippen LogP contribution in [0.1, 0.15) is 29.9 Å². The van der Waals surface area contributed by atoms with Crippen LogP contribution in [0.2, 0.25) is 0 Å². The highest BCUT2D eigenvalue weighted by Gasteiger charge is 2.34. The summed E-state index contributed by atoms with van der Waals surface area (Å²) in [5, 5.41) is 6.25. The second-order valence-electron chi connectivity index (χ2n) is 7.78. The summed E-state index contributed by atoms with van der Waals surface area (Å²) in [7, 11) is 1.65. The van der Waals surface area contributed by atoms with Crippen molar-refractivity contribution < 1.29 is 22.7 Å². The predicted molar refractivity (Wildman–Crippen MR) is 116 cm³/mol. The summed E-state index contributed by atoms with van der Waals surface area (Å²) in [6.07, 6.45) is 0.196. The van der Waals surface area contributed by atoms with E-state index in [0.29, 0.717) is 11.4 Å². The van der Waals surface area contributed by atoms with Crippen LogP contribution in [0.25, 0.3) is 10.9 Å². The maximum atomic E-state index is 12.7. The van der Waals surface area contributed by atoms with Gasteiger partial charge in [-0.1, -0.05) is 12.1 Å². The van der Waals surface area contributed by atoms with Crippen LogP contribution in [-0.4, -0.2) is 24.0 Å². The molecule has 9 heteroatoms. The predicted octanol–water partition coefficient (Wildman–Crippen LogP) is 4.47. The number of amides is 1. The molecule has 1 aliphatic rings. The van der Waals surface area contributed by atoms with Crippen molar-refractivity contribution in [3.05, 3.63) is 71.7 Å². The molecule has 32 heavy (non-hydrogen) atoms. The van der Waals surface area contributed by atoms with E-state index in [2.05, 4.69) is 15.6 Å². The Balaban J connectivity index is 1.39. The van der Waals surface area contributed by atoms with Crippen molar-refractivity contribution in [3.8, 4) is 5.75 Å². The summed E-state index contributed by atoms with van der Waals surface area (Å²) in [6.45, 7) is 0. The second-order valence-corrected chi connectivity index (χ2v) is 7.78. The van der Waals surface area contributed by atoms with Crippen LogP contribution < -0.4 is 21.1 Å². The molecule has 6 nitrogen and oxygen atoms in total. The van der Waals surface area contributed by atoms with E-state index in [9.17, 15) is 18.0 Å². The van der Waals surface area contributed by atoms with Crippen molar-refractivity contribution in [3.63, 3.8) is 0 Å². The standard InChI is InChI=1S/C23H23F3N4O2/c1-28-11-19(27)22(31)30-21-12-29-20-7-6-16(10-18(20)21)32-17-8-14(9-17)13-2-4-15(5-3-13)23(24,25)26/h2-7,10-12,14,17,28-29H,8-9,27H2,1H3,(H,30,31)/b19-11-/t14-,17+. The van der Waals surface area contributed by atoms with Gasteiger partial charge in [-0.2, -0.15) is 13.2 Å². The van der Waals surface area contributed by atoms with Crippen molar-refractivity contribution in [2.24, 2.45) is 5.73 Å². The van der Waals surface area contributed by atoms with Crippen LogP contribution in [0.3, 0.4) is 0 Å². The zero-order chi connectivity index (χ0) is 22.9. The lowest BCUT2D eigenvalue weighted by Gasteiger charge is -2.35. The van der Waals surface area contributed by atoms with E-state index in [1.54, 1.807) is 25.4 Å². The van der Waals surface area contributed by atoms with Crippen LogP contribution in [0.4, 0.5) is 18.9 Å². The van der Waals surface area contributed by atoms with Gasteiger partial charge in [0.25, 0.3) is 5.91 Å². The average molecular weight is 444 g/mol. The van der Waals surface area contributed by atoms with Crippen LogP contribution in [0, 0.1) is 0 Å². The number of fused-ring (bicyclic) bond motifs is 1. The van der Waals surface area contributed by atoms with Gasteiger partial charge in [-0.3, -0.25) is 4.79 Å². The van der Waals surface area contributed by atoms with E-state index < -0.39 is 17.6 Å². The minimum atomic E-state index is -4.33. The number of benzene rings is 2. The Kier molecular flexibility index (Phi) is 5.73. The molecule has 1 fully saturated rings. The average Bonchev–Trinajstić information content (AvgIpc) is 3.12. The van der Waals surface area contributed by atoms with Crippen molar-refractivity contribution in [2.75, 3.05) is 12.4 Å². The van der Waals surface area contributed by atoms with Gasteiger partial charge in [-0.25, -0.2) is 0 Å². The van der Waals surface area contributed by atoms with E-state index in [1.165, 1.54) is 6.20 Å². The molecule has 0 atom stereocenters. The van der Waals surface area contributed by atoms with Gasteiger partial charge in [0.1, 0.15) is 11.4 Å². The topological polar surface area (TPSA) is 92.2 Å². The summed E-state index contributed by atoms with van der Waals surface area (Å²) < 4.78 is 44.2. The molecule has 0 spiro atoms. The number of ether oxygens (including phenoxy) is 1. The Labute approximate surface area is 182 Å². The third-order valence-electron chi connectivity index (χ3n) is 5.57. The minimum absolute atomic E-state index is 0.0223. The molecule has 0 saturated heterocycles. The van der Waals surface area contributed by atoms with E-state index in [0.717, 1.165) is 41.4 Å². The third-order valence-corrected chi connectivity index (χ3v) is 5.57. The van der Waals surface area contributed by atoms with E-state index in [-0.39, 0.29) is 17.7 Å². The summed E-state index contributed by atoms with van der Waals surface area (Å²) in [6, 6.07) is 10.9. The number of hydrogen-bond acceptors (Lipinski definition) is 4. The Morgan fingerprint density at radius 1 is 1.19 bits per heavy atom.